The van der Waals surface area contributed by atoms with Gasteiger partial charge in [0.15, 0.2) is 0 Å². The first-order valence-corrected chi connectivity index (χ1v) is 10.1. The first-order valence-electron chi connectivity index (χ1n) is 8.19. The monoisotopic (exact) mass is 490 g/mol. The normalized spacial score (nSPS) is 15.3. The van der Waals surface area contributed by atoms with Gasteiger partial charge < -0.3 is 4.74 Å². The third-order valence-corrected chi connectivity index (χ3v) is 5.64. The Hall–Kier alpha value is -2.31. The summed E-state index contributed by atoms with van der Waals surface area (Å²) in [6.07, 6.45) is 1.71. The first-order chi connectivity index (χ1) is 13.0. The van der Waals surface area contributed by atoms with Crippen molar-refractivity contribution in [2.24, 2.45) is 0 Å². The van der Waals surface area contributed by atoms with Crippen LogP contribution in [0.4, 0.5) is 4.79 Å². The number of nitrogens with zero attached hydrogens (tertiary/aromatic N) is 2. The van der Waals surface area contributed by atoms with Gasteiger partial charge in [-0.3, -0.25) is 14.5 Å². The Balaban J connectivity index is 1.82. The molecule has 1 aliphatic rings. The maximum absolute atomic E-state index is 12.7. The number of amides is 2. The topological polar surface area (TPSA) is 70.4 Å². The maximum Gasteiger partial charge on any atom is 0.293 e. The molecule has 27 heavy (non-hydrogen) atoms. The summed E-state index contributed by atoms with van der Waals surface area (Å²) < 4.78 is 6.45. The lowest BCUT2D eigenvalue weighted by Gasteiger charge is -2.13. The van der Waals surface area contributed by atoms with Gasteiger partial charge in [0.25, 0.3) is 11.1 Å². The molecule has 0 radical (unpaired) electrons. The van der Waals surface area contributed by atoms with Crippen LogP contribution in [0.1, 0.15) is 23.6 Å². The predicted molar refractivity (Wildman–Crippen MR) is 113 cm³/mol. The Morgan fingerprint density at radius 2 is 2.04 bits per heavy atom. The summed E-state index contributed by atoms with van der Waals surface area (Å²) in [4.78, 5) is 26.5. The van der Waals surface area contributed by atoms with Crippen LogP contribution in [-0.2, 0) is 11.3 Å². The van der Waals surface area contributed by atoms with Crippen LogP contribution < -0.4 is 4.74 Å². The van der Waals surface area contributed by atoms with Crippen LogP contribution >= 0.6 is 34.4 Å². The van der Waals surface area contributed by atoms with E-state index in [1.807, 2.05) is 25.1 Å². The summed E-state index contributed by atoms with van der Waals surface area (Å²) in [5.74, 6) is 0.443. The Bertz CT molecular complexity index is 981. The lowest BCUT2D eigenvalue weighted by Crippen LogP contribution is -2.27. The lowest BCUT2D eigenvalue weighted by atomic mass is 10.1. The smallest absolute Gasteiger partial charge is 0.293 e. The molecule has 1 saturated heterocycles. The maximum atomic E-state index is 12.7. The molecule has 5 nitrogen and oxygen atoms in total. The minimum Gasteiger partial charge on any atom is -0.493 e. The van der Waals surface area contributed by atoms with E-state index in [9.17, 15) is 14.9 Å². The predicted octanol–water partition coefficient (Wildman–Crippen LogP) is 4.80. The highest BCUT2D eigenvalue weighted by atomic mass is 127. The zero-order valence-corrected chi connectivity index (χ0v) is 17.4. The molecule has 0 unspecified atom stereocenters. The van der Waals surface area contributed by atoms with Crippen molar-refractivity contribution in [3.63, 3.8) is 0 Å². The molecule has 0 bridgehead atoms. The van der Waals surface area contributed by atoms with E-state index in [0.717, 1.165) is 26.6 Å². The van der Waals surface area contributed by atoms with Crippen molar-refractivity contribution in [3.05, 3.63) is 67.6 Å². The first kappa shape index (κ1) is 19.5. The van der Waals surface area contributed by atoms with Crippen LogP contribution in [0.25, 0.3) is 6.08 Å². The quantitative estimate of drug-likeness (QED) is 0.445. The summed E-state index contributed by atoms with van der Waals surface area (Å²) in [5, 5.41) is 8.86. The second kappa shape index (κ2) is 8.59. The van der Waals surface area contributed by atoms with Crippen LogP contribution in [0.15, 0.2) is 47.4 Å². The van der Waals surface area contributed by atoms with E-state index < -0.39 is 0 Å². The van der Waals surface area contributed by atoms with Crippen molar-refractivity contribution < 1.29 is 14.3 Å². The highest BCUT2D eigenvalue weighted by Gasteiger charge is 2.35. The van der Waals surface area contributed by atoms with E-state index in [2.05, 4.69) is 28.7 Å². The van der Waals surface area contributed by atoms with Gasteiger partial charge in [0.05, 0.1) is 33.3 Å². The molecule has 0 aromatic heterocycles. The third-order valence-electron chi connectivity index (χ3n) is 3.89. The van der Waals surface area contributed by atoms with Crippen LogP contribution in [0.2, 0.25) is 0 Å². The number of hydrogen-bond donors (Lipinski definition) is 0. The van der Waals surface area contributed by atoms with Crippen LogP contribution in [0, 0.1) is 14.9 Å². The van der Waals surface area contributed by atoms with Gasteiger partial charge in [-0.1, -0.05) is 24.3 Å². The van der Waals surface area contributed by atoms with Crippen molar-refractivity contribution in [1.82, 2.24) is 4.90 Å². The highest BCUT2D eigenvalue weighted by Crippen LogP contribution is 2.34. The highest BCUT2D eigenvalue weighted by molar-refractivity contribution is 14.1. The molecule has 2 aromatic carbocycles. The number of thioether (sulfide) groups is 1. The standard InChI is InChI=1S/C20H15IN2O3S/c1-2-26-17-8-7-13(9-16(17)21)10-18-19(24)23(20(25)27-18)12-15-6-4-3-5-14(15)11-22/h3-10H,2,12H2,1H3/b18-10+. The van der Waals surface area contributed by atoms with Gasteiger partial charge in [0.2, 0.25) is 0 Å². The van der Waals surface area contributed by atoms with Gasteiger partial charge in [-0.05, 0) is 76.7 Å². The fourth-order valence-electron chi connectivity index (χ4n) is 2.60. The van der Waals surface area contributed by atoms with Gasteiger partial charge in [0.1, 0.15) is 5.75 Å². The van der Waals surface area contributed by atoms with Gasteiger partial charge in [-0.25, -0.2) is 0 Å². The van der Waals surface area contributed by atoms with Crippen LogP contribution in [-0.4, -0.2) is 22.7 Å². The van der Waals surface area contributed by atoms with Crippen molar-refractivity contribution in [2.75, 3.05) is 6.61 Å². The van der Waals surface area contributed by atoms with E-state index in [1.54, 1.807) is 30.3 Å². The molecule has 0 spiro atoms. The molecule has 0 N–H and O–H groups in total. The average molecular weight is 490 g/mol. The number of ether oxygens (including phenoxy) is 1. The average Bonchev–Trinajstić information content (AvgIpc) is 2.92. The van der Waals surface area contributed by atoms with Crippen molar-refractivity contribution in [1.29, 1.82) is 5.26 Å². The summed E-state index contributed by atoms with van der Waals surface area (Å²) >= 11 is 3.09. The molecular formula is C20H15IN2O3S. The van der Waals surface area contributed by atoms with E-state index in [1.165, 1.54) is 4.90 Å². The molecule has 1 aliphatic heterocycles. The van der Waals surface area contributed by atoms with Crippen molar-refractivity contribution in [2.45, 2.75) is 13.5 Å². The molecule has 136 valence electrons. The number of nitriles is 1. The largest absolute Gasteiger partial charge is 0.493 e. The van der Waals surface area contributed by atoms with Gasteiger partial charge in [-0.2, -0.15) is 5.26 Å². The van der Waals surface area contributed by atoms with E-state index in [4.69, 9.17) is 4.74 Å². The Morgan fingerprint density at radius 1 is 1.26 bits per heavy atom. The SMILES string of the molecule is CCOc1ccc(/C=C2/SC(=O)N(Cc3ccccc3C#N)C2=O)cc1I. The molecule has 2 aromatic rings. The Morgan fingerprint density at radius 3 is 2.74 bits per heavy atom. The molecule has 2 amide bonds. The Labute approximate surface area is 175 Å². The number of carbonyl (C=O) groups excluding carboxylic acids is 2. The van der Waals surface area contributed by atoms with Gasteiger partial charge >= 0.3 is 0 Å². The number of halogens is 1. The molecule has 0 atom stereocenters. The molecule has 7 heteroatoms. The van der Waals surface area contributed by atoms with Crippen molar-refractivity contribution >= 4 is 51.6 Å². The van der Waals surface area contributed by atoms with Crippen LogP contribution in [0.3, 0.4) is 0 Å². The number of benzene rings is 2. The Kier molecular flexibility index (Phi) is 6.19. The fourth-order valence-corrected chi connectivity index (χ4v) is 4.14. The van der Waals surface area contributed by atoms with Crippen molar-refractivity contribution in [3.8, 4) is 11.8 Å². The number of hydrogen-bond acceptors (Lipinski definition) is 5. The summed E-state index contributed by atoms with van der Waals surface area (Å²) in [5.41, 5.74) is 1.94. The van der Waals surface area contributed by atoms with E-state index >= 15 is 0 Å². The molecule has 3 rings (SSSR count). The fraction of sp³-hybridized carbons (Fsp3) is 0.150. The summed E-state index contributed by atoms with van der Waals surface area (Å²) in [6, 6.07) is 14.7. The number of carbonyl (C=O) groups is 2. The molecule has 1 heterocycles. The summed E-state index contributed by atoms with van der Waals surface area (Å²) in [7, 11) is 0. The van der Waals surface area contributed by atoms with Gasteiger partial charge in [0, 0.05) is 0 Å². The number of imide groups is 1. The number of rotatable bonds is 5. The summed E-state index contributed by atoms with van der Waals surface area (Å²) in [6.45, 7) is 2.59. The van der Waals surface area contributed by atoms with Gasteiger partial charge in [-0.15, -0.1) is 0 Å². The second-order valence-electron chi connectivity index (χ2n) is 5.66. The molecular weight excluding hydrogens is 475 g/mol. The zero-order valence-electron chi connectivity index (χ0n) is 14.4. The lowest BCUT2D eigenvalue weighted by molar-refractivity contribution is -0.123. The zero-order chi connectivity index (χ0) is 19.4. The molecule has 0 saturated carbocycles. The molecule has 1 fully saturated rings. The minimum absolute atomic E-state index is 0.0898. The minimum atomic E-state index is -0.346. The molecule has 0 aliphatic carbocycles. The second-order valence-corrected chi connectivity index (χ2v) is 7.82. The van der Waals surface area contributed by atoms with E-state index in [-0.39, 0.29) is 17.7 Å². The van der Waals surface area contributed by atoms with Crippen LogP contribution in [0.5, 0.6) is 5.75 Å². The third kappa shape index (κ3) is 4.34. The van der Waals surface area contributed by atoms with E-state index in [0.29, 0.717) is 22.6 Å².